The third kappa shape index (κ3) is 3.97. The van der Waals surface area contributed by atoms with Crippen molar-refractivity contribution in [2.24, 2.45) is 0 Å². The highest BCUT2D eigenvalue weighted by atomic mass is 19.1. The zero-order valence-electron chi connectivity index (χ0n) is 11.9. The van der Waals surface area contributed by atoms with Crippen LogP contribution in [-0.4, -0.2) is 29.3 Å². The molecule has 0 fully saturated rings. The molecule has 1 heterocycles. The number of nitrogens with zero attached hydrogens (tertiary/aromatic N) is 2. The van der Waals surface area contributed by atoms with Gasteiger partial charge in [-0.3, -0.25) is 4.79 Å². The summed E-state index contributed by atoms with van der Waals surface area (Å²) in [4.78, 5) is 11.8. The van der Waals surface area contributed by atoms with Crippen LogP contribution < -0.4 is 5.32 Å². The van der Waals surface area contributed by atoms with Gasteiger partial charge >= 0.3 is 5.97 Å². The Balaban J connectivity index is 1.84. The molecule has 22 heavy (non-hydrogen) atoms. The summed E-state index contributed by atoms with van der Waals surface area (Å²) in [5.41, 5.74) is -0.283. The molecule has 5 nitrogen and oxygen atoms in total. The molecule has 0 aliphatic heterocycles. The maximum absolute atomic E-state index is 13.6. The normalized spacial score (nSPS) is 11.8. The molecule has 0 aliphatic carbocycles. The second-order valence-electron chi connectivity index (χ2n) is 4.56. The topological polar surface area (TPSA) is 64.1 Å². The highest BCUT2D eigenvalue weighted by Crippen LogP contribution is 2.23. The summed E-state index contributed by atoms with van der Waals surface area (Å²) < 4.78 is 32.2. The lowest BCUT2D eigenvalue weighted by molar-refractivity contribution is -0.144. The van der Waals surface area contributed by atoms with Crippen LogP contribution in [0.2, 0.25) is 0 Å². The lowest BCUT2D eigenvalue weighted by atomic mass is 10.0. The molecular weight excluding hydrogens is 292 g/mol. The summed E-state index contributed by atoms with van der Waals surface area (Å²) in [7, 11) is 0. The Morgan fingerprint density at radius 1 is 1.27 bits per heavy atom. The Kier molecular flexibility index (Phi) is 5.35. The van der Waals surface area contributed by atoms with Crippen molar-refractivity contribution in [3.05, 3.63) is 53.7 Å². The van der Waals surface area contributed by atoms with Crippen LogP contribution in [0.25, 0.3) is 0 Å². The first-order chi connectivity index (χ1) is 10.6. The first-order valence-electron chi connectivity index (χ1n) is 6.71. The van der Waals surface area contributed by atoms with Crippen LogP contribution in [0.5, 0.6) is 0 Å². The monoisotopic (exact) mass is 307 g/mol. The van der Waals surface area contributed by atoms with E-state index in [9.17, 15) is 13.6 Å². The number of hydrogen-bond acceptors (Lipinski definition) is 5. The Morgan fingerprint density at radius 3 is 2.64 bits per heavy atom. The van der Waals surface area contributed by atoms with Crippen LogP contribution in [0.15, 0.2) is 36.5 Å². The molecule has 2 aromatic rings. The molecule has 0 bridgehead atoms. The fourth-order valence-corrected chi connectivity index (χ4v) is 1.89. The van der Waals surface area contributed by atoms with Crippen molar-refractivity contribution in [1.82, 2.24) is 10.2 Å². The number of halogens is 2. The van der Waals surface area contributed by atoms with Crippen molar-refractivity contribution in [3.8, 4) is 0 Å². The largest absolute Gasteiger partial charge is 0.463 e. The molecule has 0 amide bonds. The van der Waals surface area contributed by atoms with E-state index in [0.717, 1.165) is 12.1 Å². The second-order valence-corrected chi connectivity index (χ2v) is 4.56. The number of hydrogen-bond donors (Lipinski definition) is 1. The lowest BCUT2D eigenvalue weighted by Crippen LogP contribution is -2.20. The van der Waals surface area contributed by atoms with Gasteiger partial charge in [0.1, 0.15) is 24.1 Å². The van der Waals surface area contributed by atoms with Crippen LogP contribution in [0.4, 0.5) is 14.6 Å². The zero-order valence-corrected chi connectivity index (χ0v) is 11.9. The summed E-state index contributed by atoms with van der Waals surface area (Å²) in [6, 6.07) is 6.89. The van der Waals surface area contributed by atoms with E-state index in [2.05, 4.69) is 15.5 Å². The number of ether oxygens (including phenoxy) is 1. The van der Waals surface area contributed by atoms with Gasteiger partial charge in [0, 0.05) is 11.8 Å². The number of aromatic nitrogens is 2. The Labute approximate surface area is 126 Å². The van der Waals surface area contributed by atoms with E-state index in [4.69, 9.17) is 4.74 Å². The highest BCUT2D eigenvalue weighted by Gasteiger charge is 2.23. The predicted octanol–water partition coefficient (Wildman–Crippen LogP) is 2.51. The molecule has 0 aliphatic rings. The molecule has 1 aromatic carbocycles. The van der Waals surface area contributed by atoms with Gasteiger partial charge in [0.05, 0.1) is 12.5 Å². The number of esters is 1. The smallest absolute Gasteiger partial charge is 0.313 e. The van der Waals surface area contributed by atoms with Gasteiger partial charge in [0.15, 0.2) is 0 Å². The Morgan fingerprint density at radius 2 is 2.00 bits per heavy atom. The SMILES string of the molecule is CC(C(=O)OCCNc1cccnn1)c1c(F)cccc1F. The predicted molar refractivity (Wildman–Crippen MR) is 76.3 cm³/mol. The number of anilines is 1. The van der Waals surface area contributed by atoms with Crippen molar-refractivity contribution in [3.63, 3.8) is 0 Å². The number of nitrogens with one attached hydrogen (secondary N) is 1. The van der Waals surface area contributed by atoms with Gasteiger partial charge in [-0.05, 0) is 31.2 Å². The molecule has 1 N–H and O–H groups in total. The molecule has 0 radical (unpaired) electrons. The first kappa shape index (κ1) is 15.8. The molecule has 2 rings (SSSR count). The summed E-state index contributed by atoms with van der Waals surface area (Å²) in [5, 5.41) is 10.4. The van der Waals surface area contributed by atoms with Gasteiger partial charge in [-0.15, -0.1) is 5.10 Å². The minimum atomic E-state index is -1.02. The van der Waals surface area contributed by atoms with E-state index < -0.39 is 23.5 Å². The average Bonchev–Trinajstić information content (AvgIpc) is 2.52. The van der Waals surface area contributed by atoms with Gasteiger partial charge in [0.2, 0.25) is 0 Å². The van der Waals surface area contributed by atoms with Crippen molar-refractivity contribution in [1.29, 1.82) is 0 Å². The fraction of sp³-hybridized carbons (Fsp3) is 0.267. The fourth-order valence-electron chi connectivity index (χ4n) is 1.89. The molecule has 1 aromatic heterocycles. The van der Waals surface area contributed by atoms with Crippen molar-refractivity contribution in [2.75, 3.05) is 18.5 Å². The lowest BCUT2D eigenvalue weighted by Gasteiger charge is -2.13. The van der Waals surface area contributed by atoms with Gasteiger partial charge in [-0.25, -0.2) is 8.78 Å². The van der Waals surface area contributed by atoms with Crippen LogP contribution in [-0.2, 0) is 9.53 Å². The molecule has 0 spiro atoms. The summed E-state index contributed by atoms with van der Waals surface area (Å²) in [6.07, 6.45) is 1.54. The third-order valence-electron chi connectivity index (χ3n) is 3.01. The van der Waals surface area contributed by atoms with Crippen molar-refractivity contribution >= 4 is 11.8 Å². The van der Waals surface area contributed by atoms with E-state index >= 15 is 0 Å². The molecule has 0 saturated heterocycles. The summed E-state index contributed by atoms with van der Waals surface area (Å²) >= 11 is 0. The molecule has 1 atom stereocenters. The number of rotatable bonds is 6. The minimum Gasteiger partial charge on any atom is -0.463 e. The Bertz CT molecular complexity index is 618. The van der Waals surface area contributed by atoms with Gasteiger partial charge in [-0.1, -0.05) is 6.07 Å². The van der Waals surface area contributed by atoms with Gasteiger partial charge in [-0.2, -0.15) is 5.10 Å². The second kappa shape index (κ2) is 7.44. The number of carbonyl (C=O) groups is 1. The first-order valence-corrected chi connectivity index (χ1v) is 6.71. The zero-order chi connectivity index (χ0) is 15.9. The third-order valence-corrected chi connectivity index (χ3v) is 3.01. The number of carbonyl (C=O) groups excluding carboxylic acids is 1. The molecule has 7 heteroatoms. The summed E-state index contributed by atoms with van der Waals surface area (Å²) in [5.74, 6) is -2.68. The molecule has 116 valence electrons. The van der Waals surface area contributed by atoms with Crippen LogP contribution >= 0.6 is 0 Å². The van der Waals surface area contributed by atoms with E-state index in [0.29, 0.717) is 12.4 Å². The minimum absolute atomic E-state index is 0.0514. The van der Waals surface area contributed by atoms with Crippen molar-refractivity contribution < 1.29 is 18.3 Å². The molecular formula is C15H15F2N3O2. The van der Waals surface area contributed by atoms with Crippen LogP contribution in [0.3, 0.4) is 0 Å². The van der Waals surface area contributed by atoms with E-state index in [1.54, 1.807) is 12.1 Å². The maximum Gasteiger partial charge on any atom is 0.313 e. The van der Waals surface area contributed by atoms with E-state index in [1.807, 2.05) is 0 Å². The highest BCUT2D eigenvalue weighted by molar-refractivity contribution is 5.77. The van der Waals surface area contributed by atoms with E-state index in [-0.39, 0.29) is 12.2 Å². The molecule has 0 saturated carbocycles. The van der Waals surface area contributed by atoms with Gasteiger partial charge in [0.25, 0.3) is 0 Å². The molecule has 1 unspecified atom stereocenters. The van der Waals surface area contributed by atoms with Gasteiger partial charge < -0.3 is 10.1 Å². The van der Waals surface area contributed by atoms with Crippen LogP contribution in [0, 0.1) is 11.6 Å². The summed E-state index contributed by atoms with van der Waals surface area (Å²) in [6.45, 7) is 1.77. The van der Waals surface area contributed by atoms with Crippen molar-refractivity contribution in [2.45, 2.75) is 12.8 Å². The number of benzene rings is 1. The maximum atomic E-state index is 13.6. The van der Waals surface area contributed by atoms with E-state index in [1.165, 1.54) is 19.2 Å². The standard InChI is InChI=1S/C15H15F2N3O2/c1-10(14-11(16)4-2-5-12(14)17)15(21)22-9-8-18-13-6-3-7-19-20-13/h2-7,10H,8-9H2,1H3,(H,18,20). The Hall–Kier alpha value is -2.57. The quantitative estimate of drug-likeness (QED) is 0.656. The van der Waals surface area contributed by atoms with Crippen LogP contribution in [0.1, 0.15) is 18.4 Å². The average molecular weight is 307 g/mol.